The van der Waals surface area contributed by atoms with Crippen LogP contribution in [0.15, 0.2) is 24.3 Å². The monoisotopic (exact) mass is 256 g/mol. The van der Waals surface area contributed by atoms with E-state index in [9.17, 15) is 9.59 Å². The molecule has 0 aliphatic carbocycles. The summed E-state index contributed by atoms with van der Waals surface area (Å²) in [6, 6.07) is 6.58. The zero-order chi connectivity index (χ0) is 10.6. The molecule has 4 heteroatoms. The number of carbonyl (C=O) groups excluding carboxylic acids is 2. The van der Waals surface area contributed by atoms with Gasteiger partial charge in [-0.25, -0.2) is 4.79 Å². The molecule has 1 aromatic carbocycles. The van der Waals surface area contributed by atoms with Crippen LogP contribution in [0.2, 0.25) is 0 Å². The van der Waals surface area contributed by atoms with Gasteiger partial charge in [0.2, 0.25) is 0 Å². The van der Waals surface area contributed by atoms with Gasteiger partial charge in [0, 0.05) is 5.56 Å². The SMILES string of the molecule is COC(=O)c1ccccc1C(=O)CBr. The summed E-state index contributed by atoms with van der Waals surface area (Å²) in [5, 5.41) is 0.195. The number of halogens is 1. The van der Waals surface area contributed by atoms with E-state index >= 15 is 0 Å². The molecule has 1 rings (SSSR count). The van der Waals surface area contributed by atoms with E-state index in [0.29, 0.717) is 11.1 Å². The van der Waals surface area contributed by atoms with Gasteiger partial charge < -0.3 is 4.74 Å². The summed E-state index contributed by atoms with van der Waals surface area (Å²) >= 11 is 3.06. The zero-order valence-electron chi connectivity index (χ0n) is 7.62. The van der Waals surface area contributed by atoms with Crippen LogP contribution in [0.5, 0.6) is 0 Å². The second-order valence-electron chi connectivity index (χ2n) is 2.59. The Morgan fingerprint density at radius 1 is 1.29 bits per heavy atom. The molecule has 0 amide bonds. The minimum Gasteiger partial charge on any atom is -0.465 e. The van der Waals surface area contributed by atoms with Crippen molar-refractivity contribution in [3.05, 3.63) is 35.4 Å². The van der Waals surface area contributed by atoms with Crippen molar-refractivity contribution in [3.63, 3.8) is 0 Å². The van der Waals surface area contributed by atoms with Crippen LogP contribution in [0.4, 0.5) is 0 Å². The lowest BCUT2D eigenvalue weighted by molar-refractivity contribution is 0.0597. The number of hydrogen-bond acceptors (Lipinski definition) is 3. The average Bonchev–Trinajstić information content (AvgIpc) is 2.27. The van der Waals surface area contributed by atoms with Crippen LogP contribution in [0.1, 0.15) is 20.7 Å². The van der Waals surface area contributed by atoms with Crippen molar-refractivity contribution in [2.24, 2.45) is 0 Å². The molecule has 1 aromatic rings. The summed E-state index contributed by atoms with van der Waals surface area (Å²) in [7, 11) is 1.29. The van der Waals surface area contributed by atoms with Crippen molar-refractivity contribution < 1.29 is 14.3 Å². The van der Waals surface area contributed by atoms with Gasteiger partial charge in [-0.1, -0.05) is 34.1 Å². The second-order valence-corrected chi connectivity index (χ2v) is 3.15. The Bertz CT molecular complexity index is 325. The number of rotatable bonds is 3. The quantitative estimate of drug-likeness (QED) is 0.473. The molecule has 0 saturated carbocycles. The lowest BCUT2D eigenvalue weighted by atomic mass is 10.0. The van der Waals surface area contributed by atoms with Crippen LogP contribution < -0.4 is 0 Å². The first-order valence-electron chi connectivity index (χ1n) is 3.97. The molecule has 0 atom stereocenters. The van der Waals surface area contributed by atoms with Crippen LogP contribution in [0, 0.1) is 0 Å². The number of alkyl halides is 1. The zero-order valence-corrected chi connectivity index (χ0v) is 9.21. The number of carbonyl (C=O) groups is 2. The molecule has 0 aromatic heterocycles. The van der Waals surface area contributed by atoms with Crippen LogP contribution >= 0.6 is 15.9 Å². The van der Waals surface area contributed by atoms with Gasteiger partial charge in [0.1, 0.15) is 0 Å². The third-order valence-electron chi connectivity index (χ3n) is 1.75. The molecule has 0 N–H and O–H groups in total. The molecule has 0 radical (unpaired) electrons. The van der Waals surface area contributed by atoms with E-state index in [1.807, 2.05) is 0 Å². The number of esters is 1. The summed E-state index contributed by atoms with van der Waals surface area (Å²) < 4.78 is 4.57. The van der Waals surface area contributed by atoms with Crippen molar-refractivity contribution in [1.29, 1.82) is 0 Å². The Labute approximate surface area is 90.2 Å². The van der Waals surface area contributed by atoms with Crippen LogP contribution in [-0.2, 0) is 4.74 Å². The molecule has 3 nitrogen and oxygen atoms in total. The third kappa shape index (κ3) is 2.20. The molecule has 0 heterocycles. The fourth-order valence-electron chi connectivity index (χ4n) is 1.09. The van der Waals surface area contributed by atoms with Crippen molar-refractivity contribution in [3.8, 4) is 0 Å². The number of hydrogen-bond donors (Lipinski definition) is 0. The number of ketones is 1. The Morgan fingerprint density at radius 3 is 2.36 bits per heavy atom. The highest BCUT2D eigenvalue weighted by Gasteiger charge is 2.15. The van der Waals surface area contributed by atoms with Gasteiger partial charge in [-0.15, -0.1) is 0 Å². The number of benzene rings is 1. The number of ether oxygens (including phenoxy) is 1. The fraction of sp³-hybridized carbons (Fsp3) is 0.200. The van der Waals surface area contributed by atoms with Gasteiger partial charge in [-0.2, -0.15) is 0 Å². The number of methoxy groups -OCH3 is 1. The maximum absolute atomic E-state index is 11.4. The molecule has 0 bridgehead atoms. The van der Waals surface area contributed by atoms with Crippen LogP contribution in [0.3, 0.4) is 0 Å². The smallest absolute Gasteiger partial charge is 0.338 e. The van der Waals surface area contributed by atoms with E-state index in [-0.39, 0.29) is 11.1 Å². The van der Waals surface area contributed by atoms with Gasteiger partial charge in [0.05, 0.1) is 18.0 Å². The largest absolute Gasteiger partial charge is 0.465 e. The Morgan fingerprint density at radius 2 is 1.86 bits per heavy atom. The Hall–Kier alpha value is -1.16. The molecule has 74 valence electrons. The van der Waals surface area contributed by atoms with Gasteiger partial charge in [0.15, 0.2) is 5.78 Å². The maximum Gasteiger partial charge on any atom is 0.338 e. The van der Waals surface area contributed by atoms with Crippen molar-refractivity contribution in [1.82, 2.24) is 0 Å². The van der Waals surface area contributed by atoms with E-state index in [0.717, 1.165) is 0 Å². The van der Waals surface area contributed by atoms with E-state index < -0.39 is 5.97 Å². The lowest BCUT2D eigenvalue weighted by Crippen LogP contribution is -2.10. The highest BCUT2D eigenvalue weighted by molar-refractivity contribution is 9.09. The highest BCUT2D eigenvalue weighted by Crippen LogP contribution is 2.11. The minimum absolute atomic E-state index is 0.133. The molecule has 14 heavy (non-hydrogen) atoms. The normalized spacial score (nSPS) is 9.57. The van der Waals surface area contributed by atoms with E-state index in [1.165, 1.54) is 7.11 Å². The predicted octanol–water partition coefficient (Wildman–Crippen LogP) is 2.05. The first kappa shape index (κ1) is 10.9. The Kier molecular flexibility index (Phi) is 3.83. The van der Waals surface area contributed by atoms with Gasteiger partial charge >= 0.3 is 5.97 Å². The average molecular weight is 257 g/mol. The van der Waals surface area contributed by atoms with Crippen LogP contribution in [0.25, 0.3) is 0 Å². The molecule has 0 unspecified atom stereocenters. The predicted molar refractivity (Wildman–Crippen MR) is 55.9 cm³/mol. The molecular weight excluding hydrogens is 248 g/mol. The summed E-state index contributed by atoms with van der Waals surface area (Å²) in [4.78, 5) is 22.7. The minimum atomic E-state index is -0.491. The Balaban J connectivity index is 3.15. The fourth-order valence-corrected chi connectivity index (χ4v) is 1.39. The van der Waals surface area contributed by atoms with Gasteiger partial charge in [-0.05, 0) is 6.07 Å². The third-order valence-corrected chi connectivity index (χ3v) is 2.26. The first-order valence-corrected chi connectivity index (χ1v) is 5.09. The molecule has 0 fully saturated rings. The van der Waals surface area contributed by atoms with Crippen molar-refractivity contribution in [2.75, 3.05) is 12.4 Å². The van der Waals surface area contributed by atoms with Gasteiger partial charge in [-0.3, -0.25) is 4.79 Å². The van der Waals surface area contributed by atoms with E-state index in [4.69, 9.17) is 0 Å². The second kappa shape index (κ2) is 4.91. The molecule has 0 aliphatic rings. The summed E-state index contributed by atoms with van der Waals surface area (Å²) in [6.45, 7) is 0. The summed E-state index contributed by atoms with van der Waals surface area (Å²) in [5.74, 6) is -0.624. The topological polar surface area (TPSA) is 43.4 Å². The summed E-state index contributed by atoms with van der Waals surface area (Å²) in [6.07, 6.45) is 0. The van der Waals surface area contributed by atoms with E-state index in [1.54, 1.807) is 24.3 Å². The van der Waals surface area contributed by atoms with Crippen molar-refractivity contribution >= 4 is 27.7 Å². The molecule has 0 saturated heterocycles. The highest BCUT2D eigenvalue weighted by atomic mass is 79.9. The molecule has 0 spiro atoms. The first-order chi connectivity index (χ1) is 6.70. The van der Waals surface area contributed by atoms with Crippen LogP contribution in [-0.4, -0.2) is 24.2 Å². The standard InChI is InChI=1S/C10H9BrO3/c1-14-10(13)8-5-3-2-4-7(8)9(12)6-11/h2-5H,6H2,1H3. The van der Waals surface area contributed by atoms with Crippen molar-refractivity contribution in [2.45, 2.75) is 0 Å². The van der Waals surface area contributed by atoms with Gasteiger partial charge in [0.25, 0.3) is 0 Å². The lowest BCUT2D eigenvalue weighted by Gasteiger charge is -2.04. The molecule has 0 aliphatic heterocycles. The van der Waals surface area contributed by atoms with E-state index in [2.05, 4.69) is 20.7 Å². The summed E-state index contributed by atoms with van der Waals surface area (Å²) in [5.41, 5.74) is 0.690. The maximum atomic E-state index is 11.4. The molecular formula is C10H9BrO3. The number of Topliss-reactive ketones (excluding diaryl/α,β-unsaturated/α-hetero) is 1.